The lowest BCUT2D eigenvalue weighted by Crippen LogP contribution is -2.25. The molecule has 27 heavy (non-hydrogen) atoms. The van der Waals surface area contributed by atoms with Crippen LogP contribution in [0.15, 0.2) is 66.0 Å². The van der Waals surface area contributed by atoms with Crippen molar-refractivity contribution in [2.45, 2.75) is 39.7 Å². The first-order chi connectivity index (χ1) is 13.0. The molecule has 2 aromatic rings. The number of allylic oxidation sites excluding steroid dienone is 3. The Hall–Kier alpha value is -2.68. The molecule has 0 spiro atoms. The SMILES string of the molecule is CC1=C2C(=O)N(Cc3ccc(C(C)C)cc3)CC2CC(c2cccnc2)=C1. The zero-order valence-corrected chi connectivity index (χ0v) is 16.3. The summed E-state index contributed by atoms with van der Waals surface area (Å²) in [5.41, 5.74) is 7.08. The molecule has 1 atom stereocenters. The summed E-state index contributed by atoms with van der Waals surface area (Å²) >= 11 is 0. The van der Waals surface area contributed by atoms with Crippen LogP contribution in [0.5, 0.6) is 0 Å². The summed E-state index contributed by atoms with van der Waals surface area (Å²) in [4.78, 5) is 19.2. The topological polar surface area (TPSA) is 33.2 Å². The molecule has 2 aliphatic rings. The van der Waals surface area contributed by atoms with E-state index in [1.807, 2.05) is 17.2 Å². The molecule has 0 radical (unpaired) electrons. The van der Waals surface area contributed by atoms with Gasteiger partial charge in [-0.3, -0.25) is 9.78 Å². The Bertz CT molecular complexity index is 907. The predicted molar refractivity (Wildman–Crippen MR) is 109 cm³/mol. The van der Waals surface area contributed by atoms with Crippen molar-refractivity contribution in [1.82, 2.24) is 9.88 Å². The summed E-state index contributed by atoms with van der Waals surface area (Å²) < 4.78 is 0. The van der Waals surface area contributed by atoms with E-state index in [-0.39, 0.29) is 11.8 Å². The minimum atomic E-state index is 0.201. The van der Waals surface area contributed by atoms with Crippen LogP contribution in [-0.2, 0) is 11.3 Å². The van der Waals surface area contributed by atoms with Gasteiger partial charge in [0.1, 0.15) is 0 Å². The normalized spacial score (nSPS) is 19.6. The molecular formula is C24H26N2O. The number of aromatic nitrogens is 1. The molecule has 0 N–H and O–H groups in total. The van der Waals surface area contributed by atoms with Crippen molar-refractivity contribution < 1.29 is 4.79 Å². The summed E-state index contributed by atoms with van der Waals surface area (Å²) in [5, 5.41) is 0. The first-order valence-corrected chi connectivity index (χ1v) is 9.72. The number of carbonyl (C=O) groups is 1. The molecule has 2 heterocycles. The van der Waals surface area contributed by atoms with E-state index in [9.17, 15) is 4.79 Å². The highest BCUT2D eigenvalue weighted by Gasteiger charge is 2.38. The Balaban J connectivity index is 1.52. The minimum Gasteiger partial charge on any atom is -0.334 e. The zero-order valence-electron chi connectivity index (χ0n) is 16.3. The molecule has 1 aromatic carbocycles. The molecule has 1 aromatic heterocycles. The van der Waals surface area contributed by atoms with Gasteiger partial charge in [-0.2, -0.15) is 0 Å². The summed E-state index contributed by atoms with van der Waals surface area (Å²) in [5.74, 6) is 1.01. The molecule has 138 valence electrons. The van der Waals surface area contributed by atoms with E-state index < -0.39 is 0 Å². The van der Waals surface area contributed by atoms with Gasteiger partial charge < -0.3 is 4.90 Å². The van der Waals surface area contributed by atoms with Crippen molar-refractivity contribution in [2.75, 3.05) is 6.54 Å². The molecule has 1 unspecified atom stereocenters. The summed E-state index contributed by atoms with van der Waals surface area (Å²) in [6.07, 6.45) is 6.79. The average Bonchev–Trinajstić information content (AvgIpc) is 2.99. The molecule has 4 rings (SSSR count). The fraction of sp³-hybridized carbons (Fsp3) is 0.333. The minimum absolute atomic E-state index is 0.201. The van der Waals surface area contributed by atoms with Gasteiger partial charge in [0.05, 0.1) is 0 Å². The number of hydrogen-bond acceptors (Lipinski definition) is 2. The second-order valence-electron chi connectivity index (χ2n) is 7.99. The van der Waals surface area contributed by atoms with Crippen LogP contribution in [0.25, 0.3) is 5.57 Å². The Kier molecular flexibility index (Phi) is 4.69. The standard InChI is InChI=1S/C24H26N2O/c1-16(2)19-8-6-18(7-9-19)14-26-15-22-12-21(20-5-4-10-25-13-20)11-17(3)23(22)24(26)27/h4-11,13,16,22H,12,14-15H2,1-3H3. The molecule has 1 amide bonds. The van der Waals surface area contributed by atoms with Gasteiger partial charge in [0, 0.05) is 37.0 Å². The summed E-state index contributed by atoms with van der Waals surface area (Å²) in [6, 6.07) is 12.7. The van der Waals surface area contributed by atoms with Gasteiger partial charge in [-0.15, -0.1) is 0 Å². The van der Waals surface area contributed by atoms with E-state index in [4.69, 9.17) is 0 Å². The van der Waals surface area contributed by atoms with Crippen LogP contribution in [0.2, 0.25) is 0 Å². The Morgan fingerprint density at radius 1 is 1.19 bits per heavy atom. The number of benzene rings is 1. The van der Waals surface area contributed by atoms with Crippen molar-refractivity contribution in [3.8, 4) is 0 Å². The van der Waals surface area contributed by atoms with Crippen LogP contribution in [0.3, 0.4) is 0 Å². The molecule has 1 aliphatic carbocycles. The van der Waals surface area contributed by atoms with E-state index in [1.54, 1.807) is 6.20 Å². The maximum atomic E-state index is 13.0. The third kappa shape index (κ3) is 3.46. The number of nitrogens with zero attached hydrogens (tertiary/aromatic N) is 2. The molecule has 0 bridgehead atoms. The van der Waals surface area contributed by atoms with E-state index in [2.05, 4.69) is 62.2 Å². The first kappa shape index (κ1) is 17.7. The number of amides is 1. The highest BCUT2D eigenvalue weighted by molar-refractivity contribution is 5.99. The van der Waals surface area contributed by atoms with Crippen molar-refractivity contribution in [3.63, 3.8) is 0 Å². The Morgan fingerprint density at radius 3 is 2.63 bits per heavy atom. The number of likely N-dealkylation sites (tertiary alicyclic amines) is 1. The molecule has 3 heteroatoms. The molecular weight excluding hydrogens is 332 g/mol. The van der Waals surface area contributed by atoms with Gasteiger partial charge in [0.15, 0.2) is 0 Å². The quantitative estimate of drug-likeness (QED) is 0.773. The monoisotopic (exact) mass is 358 g/mol. The summed E-state index contributed by atoms with van der Waals surface area (Å²) in [7, 11) is 0. The number of fused-ring (bicyclic) bond motifs is 1. The molecule has 1 saturated heterocycles. The lowest BCUT2D eigenvalue weighted by molar-refractivity contribution is -0.125. The van der Waals surface area contributed by atoms with Gasteiger partial charge in [0.2, 0.25) is 0 Å². The van der Waals surface area contributed by atoms with Crippen LogP contribution in [-0.4, -0.2) is 22.3 Å². The summed E-state index contributed by atoms with van der Waals surface area (Å²) in [6.45, 7) is 7.95. The van der Waals surface area contributed by atoms with E-state index >= 15 is 0 Å². The second-order valence-corrected chi connectivity index (χ2v) is 7.99. The lowest BCUT2D eigenvalue weighted by Gasteiger charge is -2.20. The van der Waals surface area contributed by atoms with Gasteiger partial charge >= 0.3 is 0 Å². The first-order valence-electron chi connectivity index (χ1n) is 9.72. The van der Waals surface area contributed by atoms with Crippen LogP contribution < -0.4 is 0 Å². The fourth-order valence-electron chi connectivity index (χ4n) is 4.22. The van der Waals surface area contributed by atoms with Crippen LogP contribution in [0.4, 0.5) is 0 Å². The molecule has 3 nitrogen and oxygen atoms in total. The average molecular weight is 358 g/mol. The van der Waals surface area contributed by atoms with Crippen molar-refractivity contribution in [1.29, 1.82) is 0 Å². The largest absolute Gasteiger partial charge is 0.334 e. The van der Waals surface area contributed by atoms with Crippen molar-refractivity contribution in [2.24, 2.45) is 5.92 Å². The van der Waals surface area contributed by atoms with Gasteiger partial charge in [0.25, 0.3) is 5.91 Å². The molecule has 1 aliphatic heterocycles. The number of carbonyl (C=O) groups excluding carboxylic acids is 1. The van der Waals surface area contributed by atoms with Gasteiger partial charge in [-0.25, -0.2) is 0 Å². The second kappa shape index (κ2) is 7.15. The maximum absolute atomic E-state index is 13.0. The molecule has 1 fully saturated rings. The van der Waals surface area contributed by atoms with E-state index in [0.29, 0.717) is 12.5 Å². The molecule has 0 saturated carbocycles. The van der Waals surface area contributed by atoms with E-state index in [1.165, 1.54) is 16.7 Å². The third-order valence-corrected chi connectivity index (χ3v) is 5.70. The van der Waals surface area contributed by atoms with E-state index in [0.717, 1.165) is 29.7 Å². The van der Waals surface area contributed by atoms with Gasteiger partial charge in [-0.1, -0.05) is 50.3 Å². The fourth-order valence-corrected chi connectivity index (χ4v) is 4.22. The lowest BCUT2D eigenvalue weighted by atomic mass is 9.83. The van der Waals surface area contributed by atoms with Crippen LogP contribution >= 0.6 is 0 Å². The number of hydrogen-bond donors (Lipinski definition) is 0. The number of rotatable bonds is 4. The highest BCUT2D eigenvalue weighted by Crippen LogP contribution is 2.40. The van der Waals surface area contributed by atoms with Crippen molar-refractivity contribution >= 4 is 11.5 Å². The third-order valence-electron chi connectivity index (χ3n) is 5.70. The van der Waals surface area contributed by atoms with Gasteiger partial charge in [-0.05, 0) is 53.2 Å². The Morgan fingerprint density at radius 2 is 1.96 bits per heavy atom. The predicted octanol–water partition coefficient (Wildman–Crippen LogP) is 4.97. The smallest absolute Gasteiger partial charge is 0.250 e. The maximum Gasteiger partial charge on any atom is 0.250 e. The Labute approximate surface area is 161 Å². The highest BCUT2D eigenvalue weighted by atomic mass is 16.2. The zero-order chi connectivity index (χ0) is 19.0. The van der Waals surface area contributed by atoms with Crippen molar-refractivity contribution in [3.05, 3.63) is 82.7 Å². The number of pyridine rings is 1. The van der Waals surface area contributed by atoms with Crippen LogP contribution in [0.1, 0.15) is 49.8 Å². The van der Waals surface area contributed by atoms with Crippen LogP contribution in [0, 0.1) is 5.92 Å².